The molecule has 0 fully saturated rings. The van der Waals surface area contributed by atoms with Gasteiger partial charge in [0.2, 0.25) is 12.2 Å². The van der Waals surface area contributed by atoms with E-state index in [0.717, 1.165) is 6.42 Å². The summed E-state index contributed by atoms with van der Waals surface area (Å²) in [6.07, 6.45) is -1.59. The van der Waals surface area contributed by atoms with Gasteiger partial charge in [0, 0.05) is 24.5 Å². The number of aliphatic hydroxyl groups excluding tert-OH is 1. The number of pyridine rings is 1. The summed E-state index contributed by atoms with van der Waals surface area (Å²) in [5.41, 5.74) is 0.903. The van der Waals surface area contributed by atoms with Crippen LogP contribution < -0.4 is 15.0 Å². The van der Waals surface area contributed by atoms with Crippen molar-refractivity contribution in [2.45, 2.75) is 65.6 Å². The number of amides is 1. The van der Waals surface area contributed by atoms with Crippen molar-refractivity contribution in [1.29, 1.82) is 0 Å². The number of aromatic nitrogens is 1. The quantitative estimate of drug-likeness (QED) is 0.162. The van der Waals surface area contributed by atoms with E-state index in [-0.39, 0.29) is 17.4 Å². The number of allylic oxidation sites excluding steroid dienone is 2. The van der Waals surface area contributed by atoms with Crippen LogP contribution in [-0.2, 0) is 4.74 Å². The topological polar surface area (TPSA) is 112 Å². The molecular weight excluding hydrogens is 541 g/mol. The summed E-state index contributed by atoms with van der Waals surface area (Å²) in [6, 6.07) is 8.88. The molecule has 41 heavy (non-hydrogen) atoms. The van der Waals surface area contributed by atoms with Crippen LogP contribution >= 0.6 is 0 Å². The molecule has 0 radical (unpaired) electrons. The first-order valence-electron chi connectivity index (χ1n) is 12.9. The molecule has 0 bridgehead atoms. The molecule has 0 aliphatic carbocycles. The van der Waals surface area contributed by atoms with Gasteiger partial charge in [-0.15, -0.1) is 0 Å². The van der Waals surface area contributed by atoms with Crippen LogP contribution in [0.25, 0.3) is 0 Å². The predicted octanol–water partition coefficient (Wildman–Crippen LogP) is 6.78. The molecule has 0 aliphatic heterocycles. The van der Waals surface area contributed by atoms with Gasteiger partial charge in [0.1, 0.15) is 11.3 Å². The predicted molar refractivity (Wildman–Crippen MR) is 154 cm³/mol. The Kier molecular flexibility index (Phi) is 11.7. The standard InChI is InChI=1S/C28H37F3N6O4/c1-8-10-11-19(9-2)35-36(7)26(39)37(21-14-12-20(13-15-21)33-25(38)41-27(3,4)5)24-22(32-6)16-17-23(34-24)40-18-28(29,30)31/h10-17,26,39H,6,8-9,18H2,1-5,7H3,(H,33,38)/b11-10-,35-19+. The number of hydrogen-bond donors (Lipinski definition) is 2. The van der Waals surface area contributed by atoms with Crippen LogP contribution in [0.15, 0.2) is 58.6 Å². The second-order valence-corrected chi connectivity index (χ2v) is 9.77. The molecule has 0 aliphatic rings. The summed E-state index contributed by atoms with van der Waals surface area (Å²) >= 11 is 0. The number of alkyl halides is 3. The molecule has 1 unspecified atom stereocenters. The number of benzene rings is 1. The van der Waals surface area contributed by atoms with Crippen molar-refractivity contribution in [3.8, 4) is 5.88 Å². The van der Waals surface area contributed by atoms with Crippen LogP contribution in [0.2, 0.25) is 0 Å². The molecule has 1 heterocycles. The number of aliphatic imine (C=N–C) groups is 1. The van der Waals surface area contributed by atoms with Gasteiger partial charge in [-0.3, -0.25) is 20.2 Å². The van der Waals surface area contributed by atoms with Crippen molar-refractivity contribution in [3.63, 3.8) is 0 Å². The number of hydrogen-bond acceptors (Lipinski definition) is 9. The number of carbonyl (C=O) groups excluding carboxylic acids is 1. The lowest BCUT2D eigenvalue weighted by atomic mass is 10.2. The van der Waals surface area contributed by atoms with Gasteiger partial charge >= 0.3 is 12.3 Å². The van der Waals surface area contributed by atoms with E-state index in [1.165, 1.54) is 29.1 Å². The molecule has 0 saturated carbocycles. The smallest absolute Gasteiger partial charge is 0.422 e. The number of nitrogens with one attached hydrogen (secondary N) is 1. The minimum atomic E-state index is -4.58. The highest BCUT2D eigenvalue weighted by molar-refractivity contribution is 5.94. The zero-order valence-electron chi connectivity index (χ0n) is 24.1. The lowest BCUT2D eigenvalue weighted by Crippen LogP contribution is -2.42. The minimum Gasteiger partial charge on any atom is -0.468 e. The Morgan fingerprint density at radius 2 is 1.83 bits per heavy atom. The van der Waals surface area contributed by atoms with Crippen molar-refractivity contribution < 1.29 is 32.5 Å². The molecule has 2 rings (SSSR count). The molecule has 1 aromatic heterocycles. The maximum Gasteiger partial charge on any atom is 0.422 e. The van der Waals surface area contributed by atoms with Crippen LogP contribution in [0, 0.1) is 0 Å². The molecule has 10 nitrogen and oxygen atoms in total. The third-order valence-electron chi connectivity index (χ3n) is 5.16. The molecular formula is C28H37F3N6O4. The molecule has 1 aromatic carbocycles. The third-order valence-corrected chi connectivity index (χ3v) is 5.16. The number of anilines is 3. The van der Waals surface area contributed by atoms with Crippen LogP contribution in [0.5, 0.6) is 5.88 Å². The van der Waals surface area contributed by atoms with Gasteiger partial charge in [0.25, 0.3) is 0 Å². The Morgan fingerprint density at radius 3 is 2.37 bits per heavy atom. The van der Waals surface area contributed by atoms with Crippen molar-refractivity contribution >= 4 is 41.4 Å². The molecule has 13 heteroatoms. The largest absolute Gasteiger partial charge is 0.468 e. The fourth-order valence-electron chi connectivity index (χ4n) is 3.35. The average Bonchev–Trinajstić information content (AvgIpc) is 2.89. The van der Waals surface area contributed by atoms with Gasteiger partial charge in [-0.1, -0.05) is 19.9 Å². The first-order valence-corrected chi connectivity index (χ1v) is 12.9. The fraction of sp³-hybridized carbons (Fsp3) is 0.429. The number of nitrogens with zero attached hydrogens (tertiary/aromatic N) is 5. The third kappa shape index (κ3) is 10.7. The number of ether oxygens (including phenoxy) is 2. The van der Waals surface area contributed by atoms with Gasteiger partial charge in [-0.05, 0) is 76.7 Å². The first-order chi connectivity index (χ1) is 19.2. The van der Waals surface area contributed by atoms with Crippen LogP contribution in [0.1, 0.15) is 47.5 Å². The van der Waals surface area contributed by atoms with E-state index in [0.29, 0.717) is 23.5 Å². The lowest BCUT2D eigenvalue weighted by molar-refractivity contribution is -0.154. The first kappa shape index (κ1) is 33.1. The summed E-state index contributed by atoms with van der Waals surface area (Å²) < 4.78 is 48.6. The van der Waals surface area contributed by atoms with Gasteiger partial charge in [0.05, 0.1) is 5.71 Å². The Bertz CT molecular complexity index is 1230. The van der Waals surface area contributed by atoms with E-state index in [9.17, 15) is 23.1 Å². The Labute approximate surface area is 238 Å². The summed E-state index contributed by atoms with van der Waals surface area (Å²) in [7, 11) is 1.54. The van der Waals surface area contributed by atoms with E-state index in [2.05, 4.69) is 27.1 Å². The van der Waals surface area contributed by atoms with Gasteiger partial charge in [-0.2, -0.15) is 23.3 Å². The van der Waals surface area contributed by atoms with Crippen LogP contribution in [-0.4, -0.2) is 65.4 Å². The summed E-state index contributed by atoms with van der Waals surface area (Å²) in [5, 5.41) is 19.9. The van der Waals surface area contributed by atoms with E-state index >= 15 is 0 Å². The van der Waals surface area contributed by atoms with E-state index < -0.39 is 30.8 Å². The number of rotatable bonds is 12. The van der Waals surface area contributed by atoms with Crippen molar-refractivity contribution in [1.82, 2.24) is 9.99 Å². The number of halogens is 3. The molecule has 0 saturated heterocycles. The zero-order chi connectivity index (χ0) is 30.8. The Hall–Kier alpha value is -4.13. The molecule has 2 N–H and O–H groups in total. The highest BCUT2D eigenvalue weighted by atomic mass is 19.4. The highest BCUT2D eigenvalue weighted by Gasteiger charge is 2.30. The highest BCUT2D eigenvalue weighted by Crippen LogP contribution is 2.36. The van der Waals surface area contributed by atoms with Gasteiger partial charge in [0.15, 0.2) is 12.4 Å². The normalized spacial score (nSPS) is 13.1. The maximum absolute atomic E-state index is 12.8. The van der Waals surface area contributed by atoms with Gasteiger partial charge < -0.3 is 14.6 Å². The second-order valence-electron chi connectivity index (χ2n) is 9.77. The summed E-state index contributed by atoms with van der Waals surface area (Å²) in [6.45, 7) is 11.1. The molecule has 2 aromatic rings. The molecule has 0 spiro atoms. The van der Waals surface area contributed by atoms with Crippen LogP contribution in [0.4, 0.5) is 40.8 Å². The summed E-state index contributed by atoms with van der Waals surface area (Å²) in [5.74, 6) is -0.374. The number of carbonyl (C=O) groups is 1. The SMILES string of the molecule is C=Nc1ccc(OCC(F)(F)F)nc1N(c1ccc(NC(=O)OC(C)(C)C)cc1)C(O)N(C)/N=C(/C=C\CC)CC. The average molecular weight is 579 g/mol. The maximum atomic E-state index is 12.8. The van der Waals surface area contributed by atoms with Gasteiger partial charge in [-0.25, -0.2) is 4.79 Å². The molecule has 1 amide bonds. The van der Waals surface area contributed by atoms with Crippen molar-refractivity contribution in [2.75, 3.05) is 23.9 Å². The van der Waals surface area contributed by atoms with E-state index in [1.807, 2.05) is 26.0 Å². The molecule has 224 valence electrons. The lowest BCUT2D eigenvalue weighted by Gasteiger charge is -2.34. The second kappa shape index (κ2) is 14.5. The van der Waals surface area contributed by atoms with Crippen molar-refractivity contribution in [2.24, 2.45) is 10.1 Å². The fourth-order valence-corrected chi connectivity index (χ4v) is 3.35. The Balaban J connectivity index is 2.56. The Morgan fingerprint density at radius 1 is 1.17 bits per heavy atom. The van der Waals surface area contributed by atoms with E-state index in [4.69, 9.17) is 9.47 Å². The molecule has 1 atom stereocenters. The zero-order valence-corrected chi connectivity index (χ0v) is 24.1. The minimum absolute atomic E-state index is 0.0378. The van der Waals surface area contributed by atoms with E-state index in [1.54, 1.807) is 45.0 Å². The number of aliphatic hydroxyl groups is 1. The summed E-state index contributed by atoms with van der Waals surface area (Å²) in [4.78, 5) is 21.7. The number of hydrazone groups is 1. The van der Waals surface area contributed by atoms with Crippen LogP contribution in [0.3, 0.4) is 0 Å². The van der Waals surface area contributed by atoms with Crippen molar-refractivity contribution in [3.05, 3.63) is 48.6 Å². The monoisotopic (exact) mass is 578 g/mol.